The summed E-state index contributed by atoms with van der Waals surface area (Å²) in [5.41, 5.74) is 0. The van der Waals surface area contributed by atoms with Gasteiger partial charge in [0.15, 0.2) is 0 Å². The third-order valence-electron chi connectivity index (χ3n) is 11.3. The van der Waals surface area contributed by atoms with E-state index in [0.29, 0.717) is 19.4 Å². The molecule has 344 valence electrons. The summed E-state index contributed by atoms with van der Waals surface area (Å²) < 4.78 is 5.42. The number of hydrogen-bond donors (Lipinski definition) is 3. The molecule has 0 saturated heterocycles. The van der Waals surface area contributed by atoms with Crippen molar-refractivity contribution in [1.29, 1.82) is 0 Å². The van der Waals surface area contributed by atoms with Crippen LogP contribution in [0.1, 0.15) is 251 Å². The maximum absolute atomic E-state index is 12.4. The van der Waals surface area contributed by atoms with Crippen molar-refractivity contribution in [3.63, 3.8) is 0 Å². The van der Waals surface area contributed by atoms with Gasteiger partial charge in [-0.05, 0) is 89.9 Å². The van der Waals surface area contributed by atoms with E-state index >= 15 is 0 Å². The van der Waals surface area contributed by atoms with Crippen LogP contribution in [0.4, 0.5) is 0 Å². The lowest BCUT2D eigenvalue weighted by molar-refractivity contribution is -0.143. The van der Waals surface area contributed by atoms with Gasteiger partial charge in [-0.15, -0.1) is 0 Å². The fourth-order valence-corrected chi connectivity index (χ4v) is 7.38. The molecular formula is C53H97NO5. The Morgan fingerprint density at radius 1 is 0.475 bits per heavy atom. The van der Waals surface area contributed by atoms with E-state index in [0.717, 1.165) is 77.0 Å². The van der Waals surface area contributed by atoms with E-state index in [1.165, 1.54) is 148 Å². The van der Waals surface area contributed by atoms with Crippen molar-refractivity contribution in [3.05, 3.63) is 48.6 Å². The first-order valence-electron chi connectivity index (χ1n) is 25.4. The zero-order valence-corrected chi connectivity index (χ0v) is 39.0. The highest BCUT2D eigenvalue weighted by Gasteiger charge is 2.18. The molecule has 0 spiro atoms. The quantitative estimate of drug-likeness (QED) is 0.0246. The predicted molar refractivity (Wildman–Crippen MR) is 255 cm³/mol. The molecule has 1 amide bonds. The molecule has 6 heteroatoms. The van der Waals surface area contributed by atoms with Gasteiger partial charge in [0.05, 0.1) is 25.4 Å². The van der Waals surface area contributed by atoms with Gasteiger partial charge < -0.3 is 20.3 Å². The fraction of sp³-hybridized carbons (Fsp3) is 0.811. The van der Waals surface area contributed by atoms with Crippen molar-refractivity contribution in [2.45, 2.75) is 264 Å². The molecule has 6 nitrogen and oxygen atoms in total. The summed E-state index contributed by atoms with van der Waals surface area (Å²) in [5, 5.41) is 23.0. The van der Waals surface area contributed by atoms with Gasteiger partial charge in [-0.3, -0.25) is 9.59 Å². The molecule has 0 aliphatic rings. The first-order chi connectivity index (χ1) is 29.0. The van der Waals surface area contributed by atoms with E-state index in [-0.39, 0.29) is 18.5 Å². The highest BCUT2D eigenvalue weighted by molar-refractivity contribution is 5.76. The van der Waals surface area contributed by atoms with Gasteiger partial charge in [-0.2, -0.15) is 0 Å². The Hall–Kier alpha value is -2.18. The Balaban J connectivity index is 3.52. The highest BCUT2D eigenvalue weighted by atomic mass is 16.5. The number of unbranched alkanes of at least 4 members (excludes halogenated alkanes) is 30. The molecule has 2 atom stereocenters. The Bertz CT molecular complexity index is 1000. The van der Waals surface area contributed by atoms with Crippen LogP contribution in [0, 0.1) is 0 Å². The summed E-state index contributed by atoms with van der Waals surface area (Å²) in [7, 11) is 0. The molecule has 0 heterocycles. The van der Waals surface area contributed by atoms with Gasteiger partial charge in [-0.25, -0.2) is 0 Å². The molecule has 0 bridgehead atoms. The molecule has 0 radical (unpaired) electrons. The summed E-state index contributed by atoms with van der Waals surface area (Å²) in [6.07, 6.45) is 59.7. The zero-order valence-electron chi connectivity index (χ0n) is 39.0. The standard InChI is InChI=1S/C53H97NO5/c1-3-5-7-9-11-13-15-27-31-35-39-43-47-53(58)59-48-44-40-36-32-28-24-22-20-18-16-17-19-21-23-26-30-34-38-42-46-52(57)54-50(49-55)51(56)45-41-37-33-29-25-14-12-10-8-6-4-2/h11,13,20,22,24,28,41,45,50-51,55-56H,3-10,12,14-19,21,23,25-27,29-40,42-44,46-49H2,1-2H3,(H,54,57)/b13-11-,22-20-,28-24-,45-41+. The molecule has 0 saturated carbocycles. The molecular weight excluding hydrogens is 731 g/mol. The van der Waals surface area contributed by atoms with Crippen molar-refractivity contribution in [1.82, 2.24) is 5.32 Å². The van der Waals surface area contributed by atoms with Crippen molar-refractivity contribution in [2.24, 2.45) is 0 Å². The second-order valence-corrected chi connectivity index (χ2v) is 17.2. The molecule has 0 aromatic rings. The lowest BCUT2D eigenvalue weighted by Gasteiger charge is -2.20. The molecule has 2 unspecified atom stereocenters. The molecule has 3 N–H and O–H groups in total. The highest BCUT2D eigenvalue weighted by Crippen LogP contribution is 2.14. The third kappa shape index (κ3) is 45.2. The minimum absolute atomic E-state index is 0.0254. The average Bonchev–Trinajstić information content (AvgIpc) is 3.24. The molecule has 59 heavy (non-hydrogen) atoms. The Morgan fingerprint density at radius 3 is 1.34 bits per heavy atom. The van der Waals surface area contributed by atoms with Crippen LogP contribution in [0.15, 0.2) is 48.6 Å². The van der Waals surface area contributed by atoms with E-state index < -0.39 is 12.1 Å². The third-order valence-corrected chi connectivity index (χ3v) is 11.3. The summed E-state index contributed by atoms with van der Waals surface area (Å²) in [6, 6.07) is -0.635. The Kier molecular flexibility index (Phi) is 46.7. The smallest absolute Gasteiger partial charge is 0.305 e. The number of allylic oxidation sites excluding steroid dienone is 7. The molecule has 0 fully saturated rings. The van der Waals surface area contributed by atoms with Crippen LogP contribution in [0.2, 0.25) is 0 Å². The maximum Gasteiger partial charge on any atom is 0.305 e. The summed E-state index contributed by atoms with van der Waals surface area (Å²) in [5.74, 6) is -0.106. The van der Waals surface area contributed by atoms with Crippen LogP contribution in [-0.2, 0) is 14.3 Å². The number of aliphatic hydroxyl groups excluding tert-OH is 2. The summed E-state index contributed by atoms with van der Waals surface area (Å²) in [6.45, 7) is 4.81. The van der Waals surface area contributed by atoms with Gasteiger partial charge in [0, 0.05) is 12.8 Å². The van der Waals surface area contributed by atoms with E-state index in [4.69, 9.17) is 4.74 Å². The number of esters is 1. The number of hydrogen-bond acceptors (Lipinski definition) is 5. The number of nitrogens with one attached hydrogen (secondary N) is 1. The average molecular weight is 828 g/mol. The molecule has 0 aromatic carbocycles. The summed E-state index contributed by atoms with van der Waals surface area (Å²) >= 11 is 0. The SMILES string of the molecule is CCCCC/C=C\CCCCCCCC(=O)OCCCCC/C=C\C=C/CCCCCCCCCCCCC(=O)NC(CO)C(O)/C=C/CCCCCCCCCCC. The number of amides is 1. The van der Waals surface area contributed by atoms with E-state index in [1.807, 2.05) is 6.08 Å². The van der Waals surface area contributed by atoms with Crippen molar-refractivity contribution in [3.8, 4) is 0 Å². The number of aliphatic hydroxyl groups is 2. The minimum atomic E-state index is -0.850. The van der Waals surface area contributed by atoms with Crippen LogP contribution < -0.4 is 5.32 Å². The number of ether oxygens (including phenoxy) is 1. The van der Waals surface area contributed by atoms with Gasteiger partial charge in [0.1, 0.15) is 0 Å². The molecule has 0 aliphatic heterocycles. The largest absolute Gasteiger partial charge is 0.466 e. The number of carbonyl (C=O) groups excluding carboxylic acids is 2. The monoisotopic (exact) mass is 828 g/mol. The Labute approximate surface area is 366 Å². The van der Waals surface area contributed by atoms with Crippen LogP contribution in [0.3, 0.4) is 0 Å². The molecule has 0 aromatic heterocycles. The predicted octanol–water partition coefficient (Wildman–Crippen LogP) is 15.1. The van der Waals surface area contributed by atoms with Gasteiger partial charge in [0.25, 0.3) is 0 Å². The normalized spacial score (nSPS) is 13.1. The first kappa shape index (κ1) is 56.8. The van der Waals surface area contributed by atoms with Crippen molar-refractivity contribution in [2.75, 3.05) is 13.2 Å². The topological polar surface area (TPSA) is 95.9 Å². The molecule has 0 rings (SSSR count). The van der Waals surface area contributed by atoms with Gasteiger partial charge in [0.2, 0.25) is 5.91 Å². The number of carbonyl (C=O) groups is 2. The van der Waals surface area contributed by atoms with Gasteiger partial charge >= 0.3 is 5.97 Å². The van der Waals surface area contributed by atoms with Crippen LogP contribution in [-0.4, -0.2) is 47.4 Å². The van der Waals surface area contributed by atoms with Crippen LogP contribution >= 0.6 is 0 Å². The van der Waals surface area contributed by atoms with E-state index in [2.05, 4.69) is 55.6 Å². The van der Waals surface area contributed by atoms with Crippen LogP contribution in [0.25, 0.3) is 0 Å². The summed E-state index contributed by atoms with van der Waals surface area (Å²) in [4.78, 5) is 24.4. The Morgan fingerprint density at radius 2 is 0.847 bits per heavy atom. The van der Waals surface area contributed by atoms with Crippen molar-refractivity contribution >= 4 is 11.9 Å². The zero-order chi connectivity index (χ0) is 43.0. The maximum atomic E-state index is 12.4. The van der Waals surface area contributed by atoms with Gasteiger partial charge in [-0.1, -0.05) is 197 Å². The van der Waals surface area contributed by atoms with E-state index in [9.17, 15) is 19.8 Å². The number of rotatable bonds is 46. The molecule has 0 aliphatic carbocycles. The second kappa shape index (κ2) is 48.5. The first-order valence-corrected chi connectivity index (χ1v) is 25.4. The fourth-order valence-electron chi connectivity index (χ4n) is 7.38. The second-order valence-electron chi connectivity index (χ2n) is 17.2. The van der Waals surface area contributed by atoms with E-state index in [1.54, 1.807) is 6.08 Å². The lowest BCUT2D eigenvalue weighted by atomic mass is 10.0. The minimum Gasteiger partial charge on any atom is -0.466 e. The lowest BCUT2D eigenvalue weighted by Crippen LogP contribution is -2.45. The van der Waals surface area contributed by atoms with Crippen LogP contribution in [0.5, 0.6) is 0 Å². The van der Waals surface area contributed by atoms with Crippen molar-refractivity contribution < 1.29 is 24.5 Å².